The number of hydrogen-bond donors (Lipinski definition) is 3. The number of carboxylic acids is 1. The van der Waals surface area contributed by atoms with Crippen LogP contribution in [0, 0.1) is 0 Å². The van der Waals surface area contributed by atoms with Gasteiger partial charge in [0.2, 0.25) is 0 Å². The zero-order valence-electron chi connectivity index (χ0n) is 13.8. The first kappa shape index (κ1) is 18.3. The minimum Gasteiger partial charge on any atom is -0.511 e. The first-order valence-electron chi connectivity index (χ1n) is 7.76. The fourth-order valence-electron chi connectivity index (χ4n) is 2.45. The van der Waals surface area contributed by atoms with Crippen molar-refractivity contribution in [2.24, 2.45) is 0 Å². The Hall–Kier alpha value is -3.03. The van der Waals surface area contributed by atoms with Crippen LogP contribution in [0.5, 0.6) is 5.75 Å². The van der Waals surface area contributed by atoms with Crippen molar-refractivity contribution < 1.29 is 29.3 Å². The fourth-order valence-corrected chi connectivity index (χ4v) is 2.45. The van der Waals surface area contributed by atoms with E-state index in [4.69, 9.17) is 9.84 Å². The molecule has 0 radical (unpaired) electrons. The highest BCUT2D eigenvalue weighted by Gasteiger charge is 2.31. The quantitative estimate of drug-likeness (QED) is 0.629. The molecule has 3 N–H and O–H groups in total. The molecule has 0 fully saturated rings. The molecule has 0 bridgehead atoms. The Bertz CT molecular complexity index is 696. The summed E-state index contributed by atoms with van der Waals surface area (Å²) >= 11 is 0. The van der Waals surface area contributed by atoms with Gasteiger partial charge in [0, 0.05) is 26.1 Å². The van der Waals surface area contributed by atoms with Crippen molar-refractivity contribution >= 4 is 17.8 Å². The molecule has 2 rings (SSSR count). The van der Waals surface area contributed by atoms with E-state index in [1.807, 2.05) is 12.1 Å². The summed E-state index contributed by atoms with van der Waals surface area (Å²) in [6.07, 6.45) is -0.0902. The highest BCUT2D eigenvalue weighted by molar-refractivity contribution is 6.19. The van der Waals surface area contributed by atoms with Crippen molar-refractivity contribution in [1.29, 1.82) is 0 Å². The lowest BCUT2D eigenvalue weighted by Crippen LogP contribution is -2.42. The van der Waals surface area contributed by atoms with Gasteiger partial charge in [-0.15, -0.1) is 0 Å². The average Bonchev–Trinajstić information content (AvgIpc) is 2.58. The lowest BCUT2D eigenvalue weighted by molar-refractivity contribution is -0.136. The van der Waals surface area contributed by atoms with Crippen LogP contribution >= 0.6 is 0 Å². The smallest absolute Gasteiger partial charge is 0.305 e. The van der Waals surface area contributed by atoms with Gasteiger partial charge in [0.1, 0.15) is 17.1 Å². The van der Waals surface area contributed by atoms with Crippen LogP contribution in [0.3, 0.4) is 0 Å². The summed E-state index contributed by atoms with van der Waals surface area (Å²) in [4.78, 5) is 36.6. The first-order valence-corrected chi connectivity index (χ1v) is 7.76. The summed E-state index contributed by atoms with van der Waals surface area (Å²) in [6, 6.07) is 7.18. The topological polar surface area (TPSA) is 116 Å². The van der Waals surface area contributed by atoms with Crippen LogP contribution in [0.15, 0.2) is 35.6 Å². The van der Waals surface area contributed by atoms with E-state index < -0.39 is 17.8 Å². The molecule has 8 heteroatoms. The SMILES string of the molecule is COc1ccc(CN2CCC(O)=C(C(=O)NCCC(=O)O)C2=O)cc1. The number of hydrogen-bond acceptors (Lipinski definition) is 5. The van der Waals surface area contributed by atoms with E-state index in [-0.39, 0.29) is 30.7 Å². The van der Waals surface area contributed by atoms with Crippen molar-refractivity contribution in [2.75, 3.05) is 20.2 Å². The molecule has 0 aliphatic carbocycles. The van der Waals surface area contributed by atoms with Gasteiger partial charge in [0.15, 0.2) is 0 Å². The molecule has 0 spiro atoms. The molecule has 2 amide bonds. The van der Waals surface area contributed by atoms with E-state index >= 15 is 0 Å². The maximum Gasteiger partial charge on any atom is 0.305 e. The van der Waals surface area contributed by atoms with Gasteiger partial charge in [0.05, 0.1) is 13.5 Å². The van der Waals surface area contributed by atoms with Crippen LogP contribution in [0.25, 0.3) is 0 Å². The van der Waals surface area contributed by atoms with Crippen LogP contribution in [0.4, 0.5) is 0 Å². The second-order valence-electron chi connectivity index (χ2n) is 5.55. The number of aliphatic hydroxyl groups is 1. The third kappa shape index (κ3) is 4.72. The number of amides is 2. The number of benzene rings is 1. The largest absolute Gasteiger partial charge is 0.511 e. The van der Waals surface area contributed by atoms with Crippen molar-refractivity contribution in [3.8, 4) is 5.75 Å². The Labute approximate surface area is 144 Å². The second-order valence-corrected chi connectivity index (χ2v) is 5.55. The van der Waals surface area contributed by atoms with E-state index in [0.717, 1.165) is 5.56 Å². The average molecular weight is 348 g/mol. The fraction of sp³-hybridized carbons (Fsp3) is 0.353. The molecule has 0 unspecified atom stereocenters. The third-order valence-electron chi connectivity index (χ3n) is 3.79. The molecular formula is C17H20N2O6. The lowest BCUT2D eigenvalue weighted by atomic mass is 10.0. The maximum atomic E-state index is 12.5. The minimum absolute atomic E-state index is 0.114. The van der Waals surface area contributed by atoms with Crippen LogP contribution in [-0.2, 0) is 20.9 Å². The molecule has 1 aromatic carbocycles. The van der Waals surface area contributed by atoms with Gasteiger partial charge < -0.3 is 25.2 Å². The standard InChI is InChI=1S/C17H20N2O6/c1-25-12-4-2-11(3-5-12)10-19-9-7-13(20)15(17(19)24)16(23)18-8-6-14(21)22/h2-5,20H,6-10H2,1H3,(H,18,23)(H,21,22). The molecule has 1 heterocycles. The maximum absolute atomic E-state index is 12.5. The molecule has 8 nitrogen and oxygen atoms in total. The number of rotatable bonds is 7. The van der Waals surface area contributed by atoms with Gasteiger partial charge >= 0.3 is 5.97 Å². The number of ether oxygens (including phenoxy) is 1. The number of methoxy groups -OCH3 is 1. The molecule has 0 aromatic heterocycles. The van der Waals surface area contributed by atoms with Crippen LogP contribution in [0.1, 0.15) is 18.4 Å². The molecule has 1 aliphatic heterocycles. The highest BCUT2D eigenvalue weighted by atomic mass is 16.5. The number of nitrogens with one attached hydrogen (secondary N) is 1. The number of carbonyl (C=O) groups excluding carboxylic acids is 2. The van der Waals surface area contributed by atoms with E-state index in [2.05, 4.69) is 5.32 Å². The van der Waals surface area contributed by atoms with Gasteiger partial charge in [-0.2, -0.15) is 0 Å². The summed E-state index contributed by atoms with van der Waals surface area (Å²) < 4.78 is 5.08. The normalized spacial score (nSPS) is 14.4. The van der Waals surface area contributed by atoms with E-state index in [1.54, 1.807) is 19.2 Å². The Kier molecular flexibility index (Phi) is 5.99. The molecule has 0 saturated heterocycles. The van der Waals surface area contributed by atoms with Crippen LogP contribution in [-0.4, -0.2) is 53.1 Å². The molecule has 134 valence electrons. The Balaban J connectivity index is 2.04. The summed E-state index contributed by atoms with van der Waals surface area (Å²) in [5.41, 5.74) is 0.534. The molecular weight excluding hydrogens is 328 g/mol. The number of nitrogens with zero attached hydrogens (tertiary/aromatic N) is 1. The second kappa shape index (κ2) is 8.18. The number of aliphatic hydroxyl groups excluding tert-OH is 1. The molecule has 1 aromatic rings. The predicted molar refractivity (Wildman–Crippen MR) is 87.9 cm³/mol. The molecule has 1 aliphatic rings. The summed E-state index contributed by atoms with van der Waals surface area (Å²) in [5, 5.41) is 20.8. The zero-order valence-corrected chi connectivity index (χ0v) is 13.8. The molecule has 0 saturated carbocycles. The van der Waals surface area contributed by atoms with Gasteiger partial charge in [-0.3, -0.25) is 14.4 Å². The van der Waals surface area contributed by atoms with E-state index in [9.17, 15) is 19.5 Å². The third-order valence-corrected chi connectivity index (χ3v) is 3.79. The molecule has 0 atom stereocenters. The number of carboxylic acid groups (broad SMARTS) is 1. The van der Waals surface area contributed by atoms with Gasteiger partial charge in [-0.1, -0.05) is 12.1 Å². The number of carbonyl (C=O) groups is 3. The van der Waals surface area contributed by atoms with Crippen molar-refractivity contribution in [2.45, 2.75) is 19.4 Å². The minimum atomic E-state index is -1.06. The van der Waals surface area contributed by atoms with E-state index in [1.165, 1.54) is 4.90 Å². The van der Waals surface area contributed by atoms with Crippen LogP contribution in [0.2, 0.25) is 0 Å². The van der Waals surface area contributed by atoms with Crippen LogP contribution < -0.4 is 10.1 Å². The lowest BCUT2D eigenvalue weighted by Gasteiger charge is -2.28. The van der Waals surface area contributed by atoms with Crippen molar-refractivity contribution in [1.82, 2.24) is 10.2 Å². The van der Waals surface area contributed by atoms with Gasteiger partial charge in [-0.25, -0.2) is 0 Å². The van der Waals surface area contributed by atoms with Crippen molar-refractivity contribution in [3.05, 3.63) is 41.2 Å². The Morgan fingerprint density at radius 2 is 1.96 bits per heavy atom. The first-order chi connectivity index (χ1) is 11.9. The van der Waals surface area contributed by atoms with Crippen molar-refractivity contribution in [3.63, 3.8) is 0 Å². The van der Waals surface area contributed by atoms with Gasteiger partial charge in [0.25, 0.3) is 11.8 Å². The highest BCUT2D eigenvalue weighted by Crippen LogP contribution is 2.21. The summed E-state index contributed by atoms with van der Waals surface area (Å²) in [7, 11) is 1.56. The predicted octanol–water partition coefficient (Wildman–Crippen LogP) is 0.831. The Morgan fingerprint density at radius 3 is 2.56 bits per heavy atom. The van der Waals surface area contributed by atoms with E-state index in [0.29, 0.717) is 18.8 Å². The zero-order chi connectivity index (χ0) is 18.4. The van der Waals surface area contributed by atoms with Gasteiger partial charge in [-0.05, 0) is 17.7 Å². The number of aliphatic carboxylic acids is 1. The Morgan fingerprint density at radius 1 is 1.28 bits per heavy atom. The summed E-state index contributed by atoms with van der Waals surface area (Å²) in [6.45, 7) is 0.474. The monoisotopic (exact) mass is 348 g/mol. The summed E-state index contributed by atoms with van der Waals surface area (Å²) in [5.74, 6) is -1.97. The molecule has 25 heavy (non-hydrogen) atoms.